The zero-order chi connectivity index (χ0) is 15.6. The van der Waals surface area contributed by atoms with E-state index in [1.807, 2.05) is 0 Å². The maximum Gasteiger partial charge on any atom is 0.306 e. The maximum absolute atomic E-state index is 11.6. The van der Waals surface area contributed by atoms with E-state index in [0.717, 1.165) is 25.7 Å². The van der Waals surface area contributed by atoms with Crippen molar-refractivity contribution in [3.63, 3.8) is 0 Å². The summed E-state index contributed by atoms with van der Waals surface area (Å²) in [5.74, 6) is 0.841. The lowest BCUT2D eigenvalue weighted by atomic mass is 9.68. The average Bonchev–Trinajstić information content (AvgIpc) is 2.42. The van der Waals surface area contributed by atoms with Crippen LogP contribution in [-0.2, 0) is 11.2 Å². The lowest BCUT2D eigenvalue weighted by Crippen LogP contribution is -2.33. The summed E-state index contributed by atoms with van der Waals surface area (Å²) in [7, 11) is 0. The van der Waals surface area contributed by atoms with Crippen molar-refractivity contribution in [2.45, 2.75) is 53.4 Å². The molecule has 3 unspecified atom stereocenters. The molecule has 0 saturated heterocycles. The summed E-state index contributed by atoms with van der Waals surface area (Å²) in [6.07, 6.45) is 3.88. The Kier molecular flexibility index (Phi) is 5.08. The molecule has 0 spiro atoms. The van der Waals surface area contributed by atoms with Gasteiger partial charge in [0.25, 0.3) is 0 Å². The number of carboxylic acid groups (broad SMARTS) is 1. The highest BCUT2D eigenvalue weighted by Crippen LogP contribution is 2.39. The number of aliphatic carboxylic acids is 1. The lowest BCUT2D eigenvalue weighted by molar-refractivity contribution is -0.145. The SMILES string of the molecule is Cc1ccc(C)c(CC2CC(C(C)C)CCC2C(=O)O)c1. The maximum atomic E-state index is 11.6. The topological polar surface area (TPSA) is 37.3 Å². The standard InChI is InChI=1S/C19H28O2/c1-12(2)15-7-8-18(19(20)21)17(10-15)11-16-9-13(3)5-6-14(16)4/h5-6,9,12,15,17-18H,7-8,10-11H2,1-4H3,(H,20,21). The predicted molar refractivity (Wildman–Crippen MR) is 86.4 cm³/mol. The third-order valence-corrected chi connectivity index (χ3v) is 5.27. The molecule has 0 amide bonds. The van der Waals surface area contributed by atoms with Gasteiger partial charge in [0.05, 0.1) is 5.92 Å². The molecule has 1 aromatic rings. The fourth-order valence-electron chi connectivity index (χ4n) is 3.76. The number of carbonyl (C=O) groups is 1. The van der Waals surface area contributed by atoms with E-state index in [0.29, 0.717) is 11.8 Å². The third kappa shape index (κ3) is 3.87. The van der Waals surface area contributed by atoms with Gasteiger partial charge >= 0.3 is 5.97 Å². The third-order valence-electron chi connectivity index (χ3n) is 5.27. The molecule has 2 heteroatoms. The second-order valence-corrected chi connectivity index (χ2v) is 7.16. The van der Waals surface area contributed by atoms with E-state index in [4.69, 9.17) is 0 Å². The summed E-state index contributed by atoms with van der Waals surface area (Å²) in [4.78, 5) is 11.6. The van der Waals surface area contributed by atoms with Crippen molar-refractivity contribution < 1.29 is 9.90 Å². The summed E-state index contributed by atoms with van der Waals surface area (Å²) in [6, 6.07) is 6.52. The summed E-state index contributed by atoms with van der Waals surface area (Å²) in [5.41, 5.74) is 3.88. The molecule has 0 bridgehead atoms. The van der Waals surface area contributed by atoms with Crippen LogP contribution in [0.5, 0.6) is 0 Å². The van der Waals surface area contributed by atoms with E-state index in [2.05, 4.69) is 45.9 Å². The Labute approximate surface area is 128 Å². The van der Waals surface area contributed by atoms with Crippen molar-refractivity contribution in [3.05, 3.63) is 34.9 Å². The van der Waals surface area contributed by atoms with Crippen LogP contribution in [0.2, 0.25) is 0 Å². The summed E-state index contributed by atoms with van der Waals surface area (Å²) in [6.45, 7) is 8.77. The zero-order valence-corrected chi connectivity index (χ0v) is 13.7. The molecule has 0 heterocycles. The number of aryl methyl sites for hydroxylation is 2. The van der Waals surface area contributed by atoms with E-state index < -0.39 is 5.97 Å². The number of hydrogen-bond donors (Lipinski definition) is 1. The molecule has 21 heavy (non-hydrogen) atoms. The van der Waals surface area contributed by atoms with Gasteiger partial charge in [-0.05, 0) is 68.4 Å². The van der Waals surface area contributed by atoms with Gasteiger partial charge in [-0.15, -0.1) is 0 Å². The quantitative estimate of drug-likeness (QED) is 0.877. The summed E-state index contributed by atoms with van der Waals surface area (Å²) in [5, 5.41) is 9.54. The van der Waals surface area contributed by atoms with Crippen LogP contribution < -0.4 is 0 Å². The molecule has 0 aliphatic heterocycles. The van der Waals surface area contributed by atoms with Crippen LogP contribution in [0.4, 0.5) is 0 Å². The summed E-state index contributed by atoms with van der Waals surface area (Å²) < 4.78 is 0. The highest BCUT2D eigenvalue weighted by molar-refractivity contribution is 5.70. The first-order valence-electron chi connectivity index (χ1n) is 8.17. The van der Waals surface area contributed by atoms with Gasteiger partial charge in [0.1, 0.15) is 0 Å². The molecule has 1 aromatic carbocycles. The van der Waals surface area contributed by atoms with Crippen LogP contribution in [0.15, 0.2) is 18.2 Å². The smallest absolute Gasteiger partial charge is 0.306 e. The van der Waals surface area contributed by atoms with Gasteiger partial charge in [0.15, 0.2) is 0 Å². The van der Waals surface area contributed by atoms with Gasteiger partial charge in [-0.3, -0.25) is 4.79 Å². The van der Waals surface area contributed by atoms with Crippen molar-refractivity contribution >= 4 is 5.97 Å². The van der Waals surface area contributed by atoms with E-state index >= 15 is 0 Å². The van der Waals surface area contributed by atoms with E-state index in [1.165, 1.54) is 16.7 Å². The lowest BCUT2D eigenvalue weighted by Gasteiger charge is -2.36. The first-order chi connectivity index (χ1) is 9.88. The Balaban J connectivity index is 2.19. The van der Waals surface area contributed by atoms with Crippen LogP contribution in [-0.4, -0.2) is 11.1 Å². The minimum absolute atomic E-state index is 0.167. The molecule has 3 atom stereocenters. The minimum atomic E-state index is -0.604. The molecule has 2 rings (SSSR count). The second-order valence-electron chi connectivity index (χ2n) is 7.16. The molecule has 1 saturated carbocycles. The Hall–Kier alpha value is -1.31. The molecular weight excluding hydrogens is 260 g/mol. The molecule has 1 aliphatic carbocycles. The van der Waals surface area contributed by atoms with Crippen LogP contribution >= 0.6 is 0 Å². The normalized spacial score (nSPS) is 26.0. The van der Waals surface area contributed by atoms with Gasteiger partial charge in [0, 0.05) is 0 Å². The Morgan fingerprint density at radius 3 is 2.62 bits per heavy atom. The highest BCUT2D eigenvalue weighted by atomic mass is 16.4. The van der Waals surface area contributed by atoms with E-state index in [9.17, 15) is 9.90 Å². The molecule has 1 fully saturated rings. The van der Waals surface area contributed by atoms with Crippen molar-refractivity contribution in [1.29, 1.82) is 0 Å². The van der Waals surface area contributed by atoms with Gasteiger partial charge in [0.2, 0.25) is 0 Å². The van der Waals surface area contributed by atoms with Crippen molar-refractivity contribution in [2.24, 2.45) is 23.7 Å². The molecule has 116 valence electrons. The minimum Gasteiger partial charge on any atom is -0.481 e. The van der Waals surface area contributed by atoms with Crippen LogP contribution in [0.25, 0.3) is 0 Å². The molecule has 1 aliphatic rings. The fraction of sp³-hybridized carbons (Fsp3) is 0.632. The Morgan fingerprint density at radius 1 is 1.29 bits per heavy atom. The van der Waals surface area contributed by atoms with Crippen molar-refractivity contribution in [1.82, 2.24) is 0 Å². The molecule has 0 radical (unpaired) electrons. The Bertz CT molecular complexity index is 504. The highest BCUT2D eigenvalue weighted by Gasteiger charge is 2.36. The van der Waals surface area contributed by atoms with Crippen LogP contribution in [0.1, 0.15) is 49.8 Å². The van der Waals surface area contributed by atoms with Crippen molar-refractivity contribution in [3.8, 4) is 0 Å². The number of carboxylic acids is 1. The van der Waals surface area contributed by atoms with Crippen molar-refractivity contribution in [2.75, 3.05) is 0 Å². The Morgan fingerprint density at radius 2 is 2.00 bits per heavy atom. The average molecular weight is 288 g/mol. The van der Waals surface area contributed by atoms with E-state index in [1.54, 1.807) is 0 Å². The monoisotopic (exact) mass is 288 g/mol. The van der Waals surface area contributed by atoms with Gasteiger partial charge < -0.3 is 5.11 Å². The number of benzene rings is 1. The molecule has 1 N–H and O–H groups in total. The van der Waals surface area contributed by atoms with E-state index in [-0.39, 0.29) is 11.8 Å². The summed E-state index contributed by atoms with van der Waals surface area (Å²) >= 11 is 0. The second kappa shape index (κ2) is 6.64. The van der Waals surface area contributed by atoms with Crippen LogP contribution in [0, 0.1) is 37.5 Å². The molecule has 0 aromatic heterocycles. The van der Waals surface area contributed by atoms with Gasteiger partial charge in [-0.25, -0.2) is 0 Å². The fourth-order valence-corrected chi connectivity index (χ4v) is 3.76. The van der Waals surface area contributed by atoms with Gasteiger partial charge in [-0.2, -0.15) is 0 Å². The predicted octanol–water partition coefficient (Wildman–Crippen LogP) is 4.62. The first-order valence-corrected chi connectivity index (χ1v) is 8.17. The van der Waals surface area contributed by atoms with Gasteiger partial charge in [-0.1, -0.05) is 37.6 Å². The molecule has 2 nitrogen and oxygen atoms in total. The largest absolute Gasteiger partial charge is 0.481 e. The zero-order valence-electron chi connectivity index (χ0n) is 13.7. The number of rotatable bonds is 4. The molecular formula is C19H28O2. The van der Waals surface area contributed by atoms with Crippen LogP contribution in [0.3, 0.4) is 0 Å². The first kappa shape index (κ1) is 16.1. The number of hydrogen-bond acceptors (Lipinski definition) is 1.